The summed E-state index contributed by atoms with van der Waals surface area (Å²) in [5.74, 6) is 0.813. The molecule has 0 saturated carbocycles. The number of ether oxygens (including phenoxy) is 1. The van der Waals surface area contributed by atoms with Crippen LogP contribution in [0.3, 0.4) is 0 Å². The first-order valence-corrected chi connectivity index (χ1v) is 7.15. The Balaban J connectivity index is 1.73. The van der Waals surface area contributed by atoms with Gasteiger partial charge in [-0.05, 0) is 36.6 Å². The summed E-state index contributed by atoms with van der Waals surface area (Å²) in [6.07, 6.45) is 0.114. The summed E-state index contributed by atoms with van der Waals surface area (Å²) in [6, 6.07) is 11.7. The maximum absolute atomic E-state index is 5.91. The Morgan fingerprint density at radius 1 is 1.33 bits per heavy atom. The average molecular weight is 282 g/mol. The number of nitrogens with one attached hydrogen (secondary N) is 1. The largest absolute Gasteiger partial charge is 0.489 e. The molecule has 0 saturated heterocycles. The van der Waals surface area contributed by atoms with E-state index in [1.807, 2.05) is 31.2 Å². The molecule has 18 heavy (non-hydrogen) atoms. The van der Waals surface area contributed by atoms with Crippen LogP contribution in [-0.2, 0) is 6.54 Å². The van der Waals surface area contributed by atoms with Gasteiger partial charge in [-0.25, -0.2) is 0 Å². The van der Waals surface area contributed by atoms with Gasteiger partial charge in [-0.15, -0.1) is 11.3 Å². The SMILES string of the molecule is CC(CNCc1cccs1)Oc1cccc(Cl)c1. The molecule has 1 aromatic carbocycles. The molecule has 1 N–H and O–H groups in total. The molecule has 2 aromatic rings. The molecule has 0 aliphatic rings. The molecular weight excluding hydrogens is 266 g/mol. The Bertz CT molecular complexity index is 472. The lowest BCUT2D eigenvalue weighted by atomic mass is 10.3. The molecule has 0 aliphatic heterocycles. The van der Waals surface area contributed by atoms with Crippen molar-refractivity contribution >= 4 is 22.9 Å². The number of halogens is 1. The fourth-order valence-electron chi connectivity index (χ4n) is 1.63. The molecule has 96 valence electrons. The summed E-state index contributed by atoms with van der Waals surface area (Å²) in [5.41, 5.74) is 0. The molecule has 2 rings (SSSR count). The van der Waals surface area contributed by atoms with Gasteiger partial charge in [-0.2, -0.15) is 0 Å². The first-order valence-electron chi connectivity index (χ1n) is 5.89. The highest BCUT2D eigenvalue weighted by Gasteiger charge is 2.04. The Hall–Kier alpha value is -1.03. The maximum atomic E-state index is 5.91. The molecule has 0 bridgehead atoms. The molecule has 1 atom stereocenters. The van der Waals surface area contributed by atoms with Crippen molar-refractivity contribution in [1.82, 2.24) is 5.32 Å². The number of benzene rings is 1. The number of hydrogen-bond donors (Lipinski definition) is 1. The molecule has 2 nitrogen and oxygen atoms in total. The standard InChI is InChI=1S/C14H16ClNOS/c1-11(9-16-10-14-6-3-7-18-14)17-13-5-2-4-12(15)8-13/h2-8,11,16H,9-10H2,1H3. The van der Waals surface area contributed by atoms with E-state index in [4.69, 9.17) is 16.3 Å². The van der Waals surface area contributed by atoms with Crippen LogP contribution in [0.4, 0.5) is 0 Å². The Kier molecular flexibility index (Phi) is 5.05. The fraction of sp³-hybridized carbons (Fsp3) is 0.286. The van der Waals surface area contributed by atoms with E-state index in [1.165, 1.54) is 4.88 Å². The van der Waals surface area contributed by atoms with E-state index in [9.17, 15) is 0 Å². The summed E-state index contributed by atoms with van der Waals surface area (Å²) in [4.78, 5) is 1.34. The van der Waals surface area contributed by atoms with Crippen molar-refractivity contribution in [3.8, 4) is 5.75 Å². The van der Waals surface area contributed by atoms with Crippen molar-refractivity contribution in [1.29, 1.82) is 0 Å². The average Bonchev–Trinajstić information content (AvgIpc) is 2.82. The normalized spacial score (nSPS) is 12.3. The van der Waals surface area contributed by atoms with Crippen LogP contribution in [0.5, 0.6) is 5.75 Å². The van der Waals surface area contributed by atoms with Crippen LogP contribution < -0.4 is 10.1 Å². The van der Waals surface area contributed by atoms with Crippen LogP contribution in [0.25, 0.3) is 0 Å². The van der Waals surface area contributed by atoms with Crippen LogP contribution >= 0.6 is 22.9 Å². The van der Waals surface area contributed by atoms with E-state index in [-0.39, 0.29) is 6.10 Å². The van der Waals surface area contributed by atoms with E-state index < -0.39 is 0 Å². The first kappa shape index (κ1) is 13.4. The molecule has 1 aromatic heterocycles. The quantitative estimate of drug-likeness (QED) is 0.865. The minimum absolute atomic E-state index is 0.114. The molecule has 0 radical (unpaired) electrons. The zero-order valence-electron chi connectivity index (χ0n) is 10.2. The lowest BCUT2D eigenvalue weighted by molar-refractivity contribution is 0.217. The number of thiophene rings is 1. The lowest BCUT2D eigenvalue weighted by Gasteiger charge is -2.15. The van der Waals surface area contributed by atoms with Crippen LogP contribution in [-0.4, -0.2) is 12.6 Å². The van der Waals surface area contributed by atoms with E-state index >= 15 is 0 Å². The second kappa shape index (κ2) is 6.78. The summed E-state index contributed by atoms with van der Waals surface area (Å²) < 4.78 is 5.77. The van der Waals surface area contributed by atoms with Crippen LogP contribution in [0.1, 0.15) is 11.8 Å². The van der Waals surface area contributed by atoms with Crippen LogP contribution in [0, 0.1) is 0 Å². The van der Waals surface area contributed by atoms with Gasteiger partial charge in [0, 0.05) is 23.0 Å². The van der Waals surface area contributed by atoms with Gasteiger partial charge in [0.05, 0.1) is 0 Å². The van der Waals surface area contributed by atoms with Gasteiger partial charge >= 0.3 is 0 Å². The highest BCUT2D eigenvalue weighted by molar-refractivity contribution is 7.09. The summed E-state index contributed by atoms with van der Waals surface area (Å²) >= 11 is 7.67. The highest BCUT2D eigenvalue weighted by atomic mass is 35.5. The molecule has 0 aliphatic carbocycles. The molecule has 4 heteroatoms. The first-order chi connectivity index (χ1) is 8.74. The maximum Gasteiger partial charge on any atom is 0.121 e. The van der Waals surface area contributed by atoms with Crippen molar-refractivity contribution in [3.05, 3.63) is 51.7 Å². The van der Waals surface area contributed by atoms with Crippen molar-refractivity contribution in [2.24, 2.45) is 0 Å². The summed E-state index contributed by atoms with van der Waals surface area (Å²) in [5, 5.41) is 6.16. The molecule has 1 heterocycles. The number of hydrogen-bond acceptors (Lipinski definition) is 3. The Labute approximate surface area is 117 Å². The third-order valence-corrected chi connectivity index (χ3v) is 3.56. The zero-order chi connectivity index (χ0) is 12.8. The predicted molar refractivity (Wildman–Crippen MR) is 77.6 cm³/mol. The molecule has 0 spiro atoms. The van der Waals surface area contributed by atoms with Crippen molar-refractivity contribution in [2.75, 3.05) is 6.54 Å². The van der Waals surface area contributed by atoms with E-state index in [1.54, 1.807) is 11.3 Å². The molecule has 0 fully saturated rings. The van der Waals surface area contributed by atoms with Crippen LogP contribution in [0.2, 0.25) is 5.02 Å². The Morgan fingerprint density at radius 2 is 2.22 bits per heavy atom. The summed E-state index contributed by atoms with van der Waals surface area (Å²) in [7, 11) is 0. The number of rotatable bonds is 6. The minimum Gasteiger partial charge on any atom is -0.489 e. The van der Waals surface area contributed by atoms with E-state index in [2.05, 4.69) is 22.8 Å². The van der Waals surface area contributed by atoms with Crippen LogP contribution in [0.15, 0.2) is 41.8 Å². The molecule has 1 unspecified atom stereocenters. The van der Waals surface area contributed by atoms with Gasteiger partial charge in [0.2, 0.25) is 0 Å². The smallest absolute Gasteiger partial charge is 0.121 e. The van der Waals surface area contributed by atoms with Crippen molar-refractivity contribution in [3.63, 3.8) is 0 Å². The van der Waals surface area contributed by atoms with Gasteiger partial charge in [-0.1, -0.05) is 23.7 Å². The summed E-state index contributed by atoms with van der Waals surface area (Å²) in [6.45, 7) is 3.74. The van der Waals surface area contributed by atoms with Gasteiger partial charge in [0.1, 0.15) is 11.9 Å². The van der Waals surface area contributed by atoms with E-state index in [0.29, 0.717) is 5.02 Å². The monoisotopic (exact) mass is 281 g/mol. The van der Waals surface area contributed by atoms with E-state index in [0.717, 1.165) is 18.8 Å². The highest BCUT2D eigenvalue weighted by Crippen LogP contribution is 2.18. The van der Waals surface area contributed by atoms with Gasteiger partial charge in [0.25, 0.3) is 0 Å². The fourth-order valence-corrected chi connectivity index (χ4v) is 2.48. The van der Waals surface area contributed by atoms with Crippen molar-refractivity contribution < 1.29 is 4.74 Å². The third kappa shape index (κ3) is 4.33. The van der Waals surface area contributed by atoms with Crippen molar-refractivity contribution in [2.45, 2.75) is 19.6 Å². The minimum atomic E-state index is 0.114. The van der Waals surface area contributed by atoms with Gasteiger partial charge in [-0.3, -0.25) is 0 Å². The molecular formula is C14H16ClNOS. The lowest BCUT2D eigenvalue weighted by Crippen LogP contribution is -2.28. The Morgan fingerprint density at radius 3 is 2.94 bits per heavy atom. The molecule has 0 amide bonds. The predicted octanol–water partition coefficient (Wildman–Crippen LogP) is 3.96. The third-order valence-electron chi connectivity index (χ3n) is 2.44. The second-order valence-corrected chi connectivity index (χ2v) is 5.56. The van der Waals surface area contributed by atoms with Gasteiger partial charge in [0.15, 0.2) is 0 Å². The zero-order valence-corrected chi connectivity index (χ0v) is 11.8. The van der Waals surface area contributed by atoms with Gasteiger partial charge < -0.3 is 10.1 Å². The second-order valence-electron chi connectivity index (χ2n) is 4.10. The topological polar surface area (TPSA) is 21.3 Å².